The Morgan fingerprint density at radius 1 is 1.26 bits per heavy atom. The third-order valence-corrected chi connectivity index (χ3v) is 3.74. The fraction of sp³-hybridized carbons (Fsp3) is 0.357. The Hall–Kier alpha value is -1.52. The molecular weight excluding hydrogens is 262 g/mol. The van der Waals surface area contributed by atoms with E-state index in [1.165, 1.54) is 0 Å². The second-order valence-corrected chi connectivity index (χ2v) is 5.35. The van der Waals surface area contributed by atoms with Crippen LogP contribution in [-0.2, 0) is 0 Å². The van der Waals surface area contributed by atoms with Gasteiger partial charge in [-0.1, -0.05) is 11.6 Å². The van der Waals surface area contributed by atoms with E-state index in [-0.39, 0.29) is 11.9 Å². The summed E-state index contributed by atoms with van der Waals surface area (Å²) in [6.07, 6.45) is 1.97. The summed E-state index contributed by atoms with van der Waals surface area (Å²) in [5.74, 6) is -0.0424. The van der Waals surface area contributed by atoms with Crippen LogP contribution in [0, 0.1) is 0 Å². The van der Waals surface area contributed by atoms with Crippen LogP contribution < -0.4 is 10.6 Å². The quantitative estimate of drug-likeness (QED) is 0.789. The third-order valence-electron chi connectivity index (χ3n) is 3.50. The molecule has 1 fully saturated rings. The Kier molecular flexibility index (Phi) is 3.44. The molecule has 0 spiro atoms. The molecule has 3 rings (SSSR count). The lowest BCUT2D eigenvalue weighted by Gasteiger charge is -2.23. The van der Waals surface area contributed by atoms with E-state index in [4.69, 9.17) is 11.6 Å². The number of H-pyrrole nitrogens is 1. The molecule has 1 amide bonds. The normalized spacial score (nSPS) is 16.7. The molecule has 2 heterocycles. The van der Waals surface area contributed by atoms with Crippen molar-refractivity contribution in [1.82, 2.24) is 15.6 Å². The van der Waals surface area contributed by atoms with Crippen molar-refractivity contribution in [3.05, 3.63) is 35.0 Å². The van der Waals surface area contributed by atoms with Gasteiger partial charge in [0.1, 0.15) is 5.69 Å². The lowest BCUT2D eigenvalue weighted by Crippen LogP contribution is -2.42. The molecule has 5 heteroatoms. The van der Waals surface area contributed by atoms with Gasteiger partial charge in [0.2, 0.25) is 0 Å². The summed E-state index contributed by atoms with van der Waals surface area (Å²) in [6.45, 7) is 1.93. The summed E-state index contributed by atoms with van der Waals surface area (Å²) in [4.78, 5) is 15.3. The minimum atomic E-state index is -0.0424. The Labute approximate surface area is 116 Å². The Bertz CT molecular complexity index is 602. The average molecular weight is 278 g/mol. The molecule has 0 radical (unpaired) electrons. The highest BCUT2D eigenvalue weighted by atomic mass is 35.5. The Morgan fingerprint density at radius 3 is 2.84 bits per heavy atom. The summed E-state index contributed by atoms with van der Waals surface area (Å²) in [6, 6.07) is 7.67. The van der Waals surface area contributed by atoms with Crippen LogP contribution >= 0.6 is 11.6 Å². The van der Waals surface area contributed by atoms with Crippen LogP contribution in [-0.4, -0.2) is 30.0 Å². The van der Waals surface area contributed by atoms with Crippen LogP contribution in [0.15, 0.2) is 24.3 Å². The number of amides is 1. The smallest absolute Gasteiger partial charge is 0.267 e. The summed E-state index contributed by atoms with van der Waals surface area (Å²) < 4.78 is 0. The number of aromatic amines is 1. The molecule has 2 aromatic rings. The zero-order chi connectivity index (χ0) is 13.2. The maximum atomic E-state index is 12.2. The van der Waals surface area contributed by atoms with Gasteiger partial charge >= 0.3 is 0 Å². The van der Waals surface area contributed by atoms with Gasteiger partial charge in [0.05, 0.1) is 0 Å². The van der Waals surface area contributed by atoms with Crippen LogP contribution in [0.1, 0.15) is 23.3 Å². The number of carbonyl (C=O) groups is 1. The lowest BCUT2D eigenvalue weighted by atomic mass is 10.1. The SMILES string of the molecule is O=C(NC1CCNCC1)c1cc2cc(Cl)ccc2[nH]1. The molecule has 0 saturated carbocycles. The first-order valence-electron chi connectivity index (χ1n) is 6.52. The van der Waals surface area contributed by atoms with Gasteiger partial charge in [-0.15, -0.1) is 0 Å². The Balaban J connectivity index is 1.77. The molecule has 0 aliphatic carbocycles. The third kappa shape index (κ3) is 2.74. The standard InChI is InChI=1S/C14H16ClN3O/c15-10-1-2-12-9(7-10)8-13(18-12)14(19)17-11-3-5-16-6-4-11/h1-2,7-8,11,16,18H,3-6H2,(H,17,19). The number of benzene rings is 1. The van der Waals surface area contributed by atoms with E-state index in [0.29, 0.717) is 10.7 Å². The first kappa shape index (κ1) is 12.5. The van der Waals surface area contributed by atoms with Crippen LogP contribution in [0.5, 0.6) is 0 Å². The number of hydrogen-bond donors (Lipinski definition) is 3. The van der Waals surface area contributed by atoms with Crippen molar-refractivity contribution in [1.29, 1.82) is 0 Å². The monoisotopic (exact) mass is 277 g/mol. The molecule has 4 nitrogen and oxygen atoms in total. The molecule has 0 unspecified atom stereocenters. The van der Waals surface area contributed by atoms with Crippen molar-refractivity contribution in [2.24, 2.45) is 0 Å². The molecule has 0 bridgehead atoms. The summed E-state index contributed by atoms with van der Waals surface area (Å²) in [5.41, 5.74) is 1.52. The predicted molar refractivity (Wildman–Crippen MR) is 76.7 cm³/mol. The number of hydrogen-bond acceptors (Lipinski definition) is 2. The van der Waals surface area contributed by atoms with Gasteiger partial charge in [0.15, 0.2) is 0 Å². The van der Waals surface area contributed by atoms with Crippen LogP contribution in [0.25, 0.3) is 10.9 Å². The number of nitrogens with one attached hydrogen (secondary N) is 3. The minimum absolute atomic E-state index is 0.0424. The molecule has 19 heavy (non-hydrogen) atoms. The van der Waals surface area contributed by atoms with E-state index in [1.807, 2.05) is 24.3 Å². The maximum absolute atomic E-state index is 12.2. The van der Waals surface area contributed by atoms with Gasteiger partial charge in [-0.3, -0.25) is 4.79 Å². The Morgan fingerprint density at radius 2 is 2.05 bits per heavy atom. The molecule has 3 N–H and O–H groups in total. The fourth-order valence-corrected chi connectivity index (χ4v) is 2.64. The molecule has 1 aliphatic rings. The first-order chi connectivity index (χ1) is 9.22. The predicted octanol–water partition coefficient (Wildman–Crippen LogP) is 2.30. The fourth-order valence-electron chi connectivity index (χ4n) is 2.46. The van der Waals surface area contributed by atoms with E-state index >= 15 is 0 Å². The van der Waals surface area contributed by atoms with Gasteiger partial charge < -0.3 is 15.6 Å². The average Bonchev–Trinajstić information content (AvgIpc) is 2.83. The van der Waals surface area contributed by atoms with Gasteiger partial charge in [0.25, 0.3) is 5.91 Å². The van der Waals surface area contributed by atoms with Gasteiger partial charge in [-0.25, -0.2) is 0 Å². The number of carbonyl (C=O) groups excluding carboxylic acids is 1. The van der Waals surface area contributed by atoms with E-state index in [0.717, 1.165) is 36.8 Å². The molecule has 1 aromatic heterocycles. The zero-order valence-electron chi connectivity index (χ0n) is 10.5. The molecule has 1 aliphatic heterocycles. The summed E-state index contributed by atoms with van der Waals surface area (Å²) in [5, 5.41) is 7.99. The number of rotatable bonds is 2. The second-order valence-electron chi connectivity index (χ2n) is 4.91. The largest absolute Gasteiger partial charge is 0.351 e. The number of aromatic nitrogens is 1. The number of piperidine rings is 1. The van der Waals surface area contributed by atoms with E-state index in [2.05, 4.69) is 15.6 Å². The highest BCUT2D eigenvalue weighted by Crippen LogP contribution is 2.20. The molecule has 1 aromatic carbocycles. The zero-order valence-corrected chi connectivity index (χ0v) is 11.3. The van der Waals surface area contributed by atoms with E-state index in [9.17, 15) is 4.79 Å². The van der Waals surface area contributed by atoms with Crippen molar-refractivity contribution in [2.75, 3.05) is 13.1 Å². The molecular formula is C14H16ClN3O. The second kappa shape index (κ2) is 5.23. The van der Waals surface area contributed by atoms with Crippen molar-refractivity contribution >= 4 is 28.4 Å². The number of halogens is 1. The topological polar surface area (TPSA) is 56.9 Å². The van der Waals surface area contributed by atoms with Crippen LogP contribution in [0.3, 0.4) is 0 Å². The summed E-state index contributed by atoms with van der Waals surface area (Å²) >= 11 is 5.94. The van der Waals surface area contributed by atoms with E-state index in [1.54, 1.807) is 0 Å². The lowest BCUT2D eigenvalue weighted by molar-refractivity contribution is 0.0925. The van der Waals surface area contributed by atoms with Gasteiger partial charge in [-0.05, 0) is 50.2 Å². The first-order valence-corrected chi connectivity index (χ1v) is 6.90. The van der Waals surface area contributed by atoms with E-state index < -0.39 is 0 Å². The summed E-state index contributed by atoms with van der Waals surface area (Å²) in [7, 11) is 0. The van der Waals surface area contributed by atoms with Crippen molar-refractivity contribution in [3.63, 3.8) is 0 Å². The maximum Gasteiger partial charge on any atom is 0.267 e. The van der Waals surface area contributed by atoms with Gasteiger partial charge in [0, 0.05) is 22.0 Å². The van der Waals surface area contributed by atoms with Crippen LogP contribution in [0.4, 0.5) is 0 Å². The molecule has 0 atom stereocenters. The molecule has 100 valence electrons. The highest BCUT2D eigenvalue weighted by molar-refractivity contribution is 6.31. The minimum Gasteiger partial charge on any atom is -0.351 e. The van der Waals surface area contributed by atoms with Gasteiger partial charge in [-0.2, -0.15) is 0 Å². The van der Waals surface area contributed by atoms with Crippen molar-refractivity contribution in [2.45, 2.75) is 18.9 Å². The van der Waals surface area contributed by atoms with Crippen molar-refractivity contribution < 1.29 is 4.79 Å². The highest BCUT2D eigenvalue weighted by Gasteiger charge is 2.17. The molecule has 1 saturated heterocycles. The van der Waals surface area contributed by atoms with Crippen LogP contribution in [0.2, 0.25) is 5.02 Å². The number of fused-ring (bicyclic) bond motifs is 1. The van der Waals surface area contributed by atoms with Crippen molar-refractivity contribution in [3.8, 4) is 0 Å².